The molecule has 0 bridgehead atoms. The fourth-order valence-electron chi connectivity index (χ4n) is 2.70. The molecule has 3 nitrogen and oxygen atoms in total. The molecule has 1 unspecified atom stereocenters. The minimum atomic E-state index is -0.271. The van der Waals surface area contributed by atoms with Crippen molar-refractivity contribution in [1.82, 2.24) is 10.2 Å². The first-order valence-corrected chi connectivity index (χ1v) is 6.81. The molecule has 102 valence electrons. The maximum absolute atomic E-state index is 13.9. The highest BCUT2D eigenvalue weighted by Gasteiger charge is 2.22. The molecule has 1 saturated heterocycles. The second-order valence-electron chi connectivity index (χ2n) is 5.10. The van der Waals surface area contributed by atoms with Gasteiger partial charge in [-0.15, -0.1) is 0 Å². The van der Waals surface area contributed by atoms with Crippen LogP contribution in [0, 0.1) is 17.1 Å². The smallest absolute Gasteiger partial charge is 0.129 e. The van der Waals surface area contributed by atoms with E-state index >= 15 is 0 Å². The number of hydrogen-bond donors (Lipinski definition) is 1. The molecule has 2 rings (SSSR count). The fourth-order valence-corrected chi connectivity index (χ4v) is 2.70. The number of benzene rings is 1. The van der Waals surface area contributed by atoms with Gasteiger partial charge in [0.05, 0.1) is 11.6 Å². The van der Waals surface area contributed by atoms with Gasteiger partial charge in [-0.3, -0.25) is 4.90 Å². The van der Waals surface area contributed by atoms with Gasteiger partial charge in [0.1, 0.15) is 5.82 Å². The minimum Gasteiger partial charge on any atom is -0.318 e. The van der Waals surface area contributed by atoms with E-state index in [4.69, 9.17) is 5.26 Å². The quantitative estimate of drug-likeness (QED) is 0.903. The summed E-state index contributed by atoms with van der Waals surface area (Å²) in [5.41, 5.74) is 1.06. The van der Waals surface area contributed by atoms with Gasteiger partial charge in [0.15, 0.2) is 0 Å². The Labute approximate surface area is 114 Å². The average Bonchev–Trinajstić information content (AvgIpc) is 2.43. The van der Waals surface area contributed by atoms with Crippen molar-refractivity contribution in [2.24, 2.45) is 0 Å². The predicted octanol–water partition coefficient (Wildman–Crippen LogP) is 2.27. The minimum absolute atomic E-state index is 0.271. The first-order chi connectivity index (χ1) is 9.24. The third kappa shape index (κ3) is 3.52. The Morgan fingerprint density at radius 1 is 1.47 bits per heavy atom. The third-order valence-corrected chi connectivity index (χ3v) is 3.74. The number of hydrogen-bond acceptors (Lipinski definition) is 3. The van der Waals surface area contributed by atoms with Gasteiger partial charge < -0.3 is 5.32 Å². The average molecular weight is 261 g/mol. The van der Waals surface area contributed by atoms with Gasteiger partial charge in [-0.25, -0.2) is 4.39 Å². The Bertz CT molecular complexity index is 465. The topological polar surface area (TPSA) is 39.1 Å². The van der Waals surface area contributed by atoms with Crippen molar-refractivity contribution in [3.63, 3.8) is 0 Å². The van der Waals surface area contributed by atoms with Crippen LogP contribution < -0.4 is 5.32 Å². The summed E-state index contributed by atoms with van der Waals surface area (Å²) < 4.78 is 13.9. The van der Waals surface area contributed by atoms with Crippen LogP contribution in [-0.2, 0) is 6.54 Å². The van der Waals surface area contributed by atoms with Crippen LogP contribution in [-0.4, -0.2) is 31.1 Å². The van der Waals surface area contributed by atoms with E-state index in [0.29, 0.717) is 23.7 Å². The maximum Gasteiger partial charge on any atom is 0.129 e. The number of piperidine rings is 1. The molecule has 0 amide bonds. The van der Waals surface area contributed by atoms with Crippen molar-refractivity contribution in [1.29, 1.82) is 5.26 Å². The summed E-state index contributed by atoms with van der Waals surface area (Å²) in [4.78, 5) is 2.34. The molecule has 0 saturated carbocycles. The highest BCUT2D eigenvalue weighted by atomic mass is 19.1. The molecule has 1 aromatic rings. The maximum atomic E-state index is 13.9. The van der Waals surface area contributed by atoms with Crippen molar-refractivity contribution in [2.45, 2.75) is 31.8 Å². The number of likely N-dealkylation sites (N-methyl/N-ethyl adjacent to an activating group) is 1. The SMILES string of the molecule is CNCC1CCCCN1Cc1ccc(C#N)cc1F. The molecule has 0 aromatic heterocycles. The molecule has 1 N–H and O–H groups in total. The van der Waals surface area contributed by atoms with Crippen molar-refractivity contribution in [3.8, 4) is 6.07 Å². The van der Waals surface area contributed by atoms with Crippen LogP contribution in [0.15, 0.2) is 18.2 Å². The molecule has 0 radical (unpaired) electrons. The molecular formula is C15H20FN3. The number of nitrogens with one attached hydrogen (secondary N) is 1. The molecule has 1 aromatic carbocycles. The fraction of sp³-hybridized carbons (Fsp3) is 0.533. The normalized spacial score (nSPS) is 20.2. The molecule has 1 fully saturated rings. The van der Waals surface area contributed by atoms with Gasteiger partial charge in [-0.2, -0.15) is 5.26 Å². The highest BCUT2D eigenvalue weighted by molar-refractivity contribution is 5.32. The van der Waals surface area contributed by atoms with Gasteiger partial charge in [-0.05, 0) is 38.6 Å². The van der Waals surface area contributed by atoms with Crippen molar-refractivity contribution < 1.29 is 4.39 Å². The Balaban J connectivity index is 2.08. The summed E-state index contributed by atoms with van der Waals surface area (Å²) in [5.74, 6) is -0.271. The molecule has 19 heavy (non-hydrogen) atoms. The van der Waals surface area contributed by atoms with E-state index in [1.54, 1.807) is 12.1 Å². The first-order valence-electron chi connectivity index (χ1n) is 6.81. The standard InChI is InChI=1S/C15H20FN3/c1-18-10-14-4-2-3-7-19(14)11-13-6-5-12(9-17)8-15(13)16/h5-6,8,14,18H,2-4,7,10-11H2,1H3. The number of rotatable bonds is 4. The molecule has 0 aliphatic carbocycles. The number of nitriles is 1. The lowest BCUT2D eigenvalue weighted by Crippen LogP contribution is -2.44. The first kappa shape index (κ1) is 14.0. The Morgan fingerprint density at radius 3 is 3.00 bits per heavy atom. The van der Waals surface area contributed by atoms with Crippen LogP contribution in [0.1, 0.15) is 30.4 Å². The lowest BCUT2D eigenvalue weighted by atomic mass is 10.0. The predicted molar refractivity (Wildman–Crippen MR) is 73.1 cm³/mol. The van der Waals surface area contributed by atoms with Crippen LogP contribution >= 0.6 is 0 Å². The summed E-state index contributed by atoms with van der Waals surface area (Å²) in [7, 11) is 1.95. The van der Waals surface area contributed by atoms with E-state index in [1.807, 2.05) is 13.1 Å². The molecule has 1 atom stereocenters. The lowest BCUT2D eigenvalue weighted by Gasteiger charge is -2.35. The van der Waals surface area contributed by atoms with E-state index in [9.17, 15) is 4.39 Å². The summed E-state index contributed by atoms with van der Waals surface area (Å²) in [6.07, 6.45) is 3.59. The van der Waals surface area contributed by atoms with Gasteiger partial charge in [0.25, 0.3) is 0 Å². The lowest BCUT2D eigenvalue weighted by molar-refractivity contribution is 0.137. The van der Waals surface area contributed by atoms with Gasteiger partial charge in [-0.1, -0.05) is 12.5 Å². The van der Waals surface area contributed by atoms with Gasteiger partial charge >= 0.3 is 0 Å². The Kier molecular flexibility index (Phi) is 4.89. The van der Waals surface area contributed by atoms with Gasteiger partial charge in [0, 0.05) is 24.7 Å². The zero-order valence-corrected chi connectivity index (χ0v) is 11.3. The second-order valence-corrected chi connectivity index (χ2v) is 5.10. The largest absolute Gasteiger partial charge is 0.318 e. The van der Waals surface area contributed by atoms with E-state index < -0.39 is 0 Å². The van der Waals surface area contributed by atoms with Crippen molar-refractivity contribution in [3.05, 3.63) is 35.1 Å². The van der Waals surface area contributed by atoms with Crippen molar-refractivity contribution >= 4 is 0 Å². The highest BCUT2D eigenvalue weighted by Crippen LogP contribution is 2.20. The third-order valence-electron chi connectivity index (χ3n) is 3.74. The van der Waals surface area contributed by atoms with Crippen LogP contribution in [0.3, 0.4) is 0 Å². The van der Waals surface area contributed by atoms with Crippen LogP contribution in [0.4, 0.5) is 4.39 Å². The summed E-state index contributed by atoms with van der Waals surface area (Å²) in [6, 6.07) is 7.20. The number of likely N-dealkylation sites (tertiary alicyclic amines) is 1. The second kappa shape index (κ2) is 6.65. The molecular weight excluding hydrogens is 241 g/mol. The summed E-state index contributed by atoms with van der Waals surface area (Å²) >= 11 is 0. The monoisotopic (exact) mass is 261 g/mol. The molecule has 1 heterocycles. The van der Waals surface area contributed by atoms with E-state index in [1.165, 1.54) is 25.3 Å². The van der Waals surface area contributed by atoms with E-state index in [-0.39, 0.29) is 5.82 Å². The summed E-state index contributed by atoms with van der Waals surface area (Å²) in [6.45, 7) is 2.59. The van der Waals surface area contributed by atoms with Gasteiger partial charge in [0.2, 0.25) is 0 Å². The summed E-state index contributed by atoms with van der Waals surface area (Å²) in [5, 5.41) is 12.0. The number of nitrogens with zero attached hydrogens (tertiary/aromatic N) is 2. The molecule has 1 aliphatic heterocycles. The molecule has 4 heteroatoms. The van der Waals surface area contributed by atoms with E-state index in [2.05, 4.69) is 10.2 Å². The number of halogens is 1. The zero-order chi connectivity index (χ0) is 13.7. The Morgan fingerprint density at radius 2 is 2.32 bits per heavy atom. The van der Waals surface area contributed by atoms with Crippen LogP contribution in [0.5, 0.6) is 0 Å². The van der Waals surface area contributed by atoms with Crippen LogP contribution in [0.2, 0.25) is 0 Å². The molecule has 0 spiro atoms. The van der Waals surface area contributed by atoms with Crippen LogP contribution in [0.25, 0.3) is 0 Å². The molecule has 1 aliphatic rings. The van der Waals surface area contributed by atoms with E-state index in [0.717, 1.165) is 13.1 Å². The Hall–Kier alpha value is -1.44. The van der Waals surface area contributed by atoms with Crippen molar-refractivity contribution in [2.75, 3.05) is 20.1 Å². The zero-order valence-electron chi connectivity index (χ0n) is 11.3.